The third-order valence-electron chi connectivity index (χ3n) is 3.97. The molecule has 1 amide bonds. The summed E-state index contributed by atoms with van der Waals surface area (Å²) in [7, 11) is 1.31. The van der Waals surface area contributed by atoms with E-state index in [4.69, 9.17) is 0 Å². The SMILES string of the molecule is COC(=O)c1ccc(CNC(=O)C[NH2+][C@H](C)c2ccc(F)cc2F)cc1. The Bertz CT molecular complexity index is 779. The Balaban J connectivity index is 1.80. The van der Waals surface area contributed by atoms with Gasteiger partial charge in [0.1, 0.15) is 17.7 Å². The van der Waals surface area contributed by atoms with E-state index < -0.39 is 17.6 Å². The molecule has 0 heterocycles. The number of quaternary nitrogens is 1. The Morgan fingerprint density at radius 1 is 1.15 bits per heavy atom. The van der Waals surface area contributed by atoms with Gasteiger partial charge < -0.3 is 15.4 Å². The summed E-state index contributed by atoms with van der Waals surface area (Å²) in [6, 6.07) is 9.79. The molecule has 0 spiro atoms. The van der Waals surface area contributed by atoms with Crippen LogP contribution in [0, 0.1) is 11.6 Å². The first-order valence-corrected chi connectivity index (χ1v) is 8.13. The van der Waals surface area contributed by atoms with Gasteiger partial charge in [-0.05, 0) is 36.8 Å². The molecule has 0 saturated carbocycles. The molecule has 0 bridgehead atoms. The lowest BCUT2D eigenvalue weighted by Gasteiger charge is -2.12. The molecule has 2 aromatic carbocycles. The lowest BCUT2D eigenvalue weighted by atomic mass is 10.1. The van der Waals surface area contributed by atoms with Crippen LogP contribution in [-0.4, -0.2) is 25.5 Å². The van der Waals surface area contributed by atoms with E-state index in [1.165, 1.54) is 19.2 Å². The van der Waals surface area contributed by atoms with Crippen LogP contribution in [0.3, 0.4) is 0 Å². The molecule has 0 unspecified atom stereocenters. The highest BCUT2D eigenvalue weighted by Crippen LogP contribution is 2.14. The second kappa shape index (κ2) is 9.05. The van der Waals surface area contributed by atoms with E-state index in [-0.39, 0.29) is 18.5 Å². The van der Waals surface area contributed by atoms with Gasteiger partial charge in [-0.15, -0.1) is 0 Å². The summed E-state index contributed by atoms with van der Waals surface area (Å²) >= 11 is 0. The number of carbonyl (C=O) groups is 2. The van der Waals surface area contributed by atoms with Gasteiger partial charge in [-0.2, -0.15) is 0 Å². The van der Waals surface area contributed by atoms with E-state index in [9.17, 15) is 18.4 Å². The number of halogens is 2. The molecular formula is C19H21F2N2O3+. The van der Waals surface area contributed by atoms with Crippen LogP contribution in [0.25, 0.3) is 0 Å². The molecule has 138 valence electrons. The number of rotatable bonds is 7. The van der Waals surface area contributed by atoms with Gasteiger partial charge in [-0.25, -0.2) is 13.6 Å². The normalized spacial score (nSPS) is 11.7. The van der Waals surface area contributed by atoms with Crippen LogP contribution in [-0.2, 0) is 16.1 Å². The standard InChI is InChI=1S/C19H20F2N2O3/c1-12(16-8-7-15(20)9-17(16)21)22-11-18(24)23-10-13-3-5-14(6-4-13)19(25)26-2/h3-9,12,22H,10-11H2,1-2H3,(H,23,24)/p+1/t12-/m1/s1. The number of hydrogen-bond donors (Lipinski definition) is 2. The highest BCUT2D eigenvalue weighted by atomic mass is 19.1. The fourth-order valence-corrected chi connectivity index (χ4v) is 2.43. The molecule has 0 aliphatic heterocycles. The van der Waals surface area contributed by atoms with Gasteiger partial charge in [0.05, 0.1) is 12.7 Å². The van der Waals surface area contributed by atoms with Gasteiger partial charge in [-0.3, -0.25) is 4.79 Å². The Labute approximate surface area is 150 Å². The molecule has 7 heteroatoms. The third-order valence-corrected chi connectivity index (χ3v) is 3.97. The molecule has 3 N–H and O–H groups in total. The van der Waals surface area contributed by atoms with Crippen molar-refractivity contribution >= 4 is 11.9 Å². The lowest BCUT2D eigenvalue weighted by Crippen LogP contribution is -2.87. The Hall–Kier alpha value is -2.80. The van der Waals surface area contributed by atoms with Crippen LogP contribution >= 0.6 is 0 Å². The van der Waals surface area contributed by atoms with Gasteiger partial charge in [0.25, 0.3) is 5.91 Å². The summed E-state index contributed by atoms with van der Waals surface area (Å²) in [5, 5.41) is 4.42. The zero-order valence-electron chi connectivity index (χ0n) is 14.6. The second-order valence-corrected chi connectivity index (χ2v) is 5.86. The van der Waals surface area contributed by atoms with Gasteiger partial charge >= 0.3 is 5.97 Å². The first kappa shape index (κ1) is 19.5. The van der Waals surface area contributed by atoms with Crippen molar-refractivity contribution in [3.8, 4) is 0 Å². The number of amides is 1. The lowest BCUT2D eigenvalue weighted by molar-refractivity contribution is -0.682. The minimum Gasteiger partial charge on any atom is -0.465 e. The smallest absolute Gasteiger partial charge is 0.337 e. The molecule has 2 rings (SSSR count). The first-order chi connectivity index (χ1) is 12.4. The minimum atomic E-state index is -0.630. The van der Waals surface area contributed by atoms with E-state index in [1.807, 2.05) is 0 Å². The Morgan fingerprint density at radius 3 is 2.46 bits per heavy atom. The van der Waals surface area contributed by atoms with Crippen LogP contribution in [0.4, 0.5) is 8.78 Å². The highest BCUT2D eigenvalue weighted by Gasteiger charge is 2.16. The van der Waals surface area contributed by atoms with Gasteiger partial charge in [0.15, 0.2) is 6.54 Å². The monoisotopic (exact) mass is 363 g/mol. The Kier molecular flexibility index (Phi) is 6.80. The van der Waals surface area contributed by atoms with Crippen molar-refractivity contribution in [1.82, 2.24) is 5.32 Å². The summed E-state index contributed by atoms with van der Waals surface area (Å²) in [6.45, 7) is 2.17. The zero-order chi connectivity index (χ0) is 19.1. The number of ether oxygens (including phenoxy) is 1. The Morgan fingerprint density at radius 2 is 1.85 bits per heavy atom. The summed E-state index contributed by atoms with van der Waals surface area (Å²) < 4.78 is 31.3. The molecule has 26 heavy (non-hydrogen) atoms. The van der Waals surface area contributed by atoms with E-state index in [0.29, 0.717) is 17.7 Å². The van der Waals surface area contributed by atoms with Crippen molar-refractivity contribution in [3.05, 3.63) is 70.8 Å². The number of esters is 1. The zero-order valence-corrected chi connectivity index (χ0v) is 14.6. The molecule has 2 aromatic rings. The van der Waals surface area contributed by atoms with Crippen molar-refractivity contribution in [2.45, 2.75) is 19.5 Å². The van der Waals surface area contributed by atoms with Crippen LogP contribution < -0.4 is 10.6 Å². The van der Waals surface area contributed by atoms with Gasteiger partial charge in [0.2, 0.25) is 0 Å². The van der Waals surface area contributed by atoms with Crippen LogP contribution in [0.5, 0.6) is 0 Å². The third kappa shape index (κ3) is 5.35. The molecule has 5 nitrogen and oxygen atoms in total. The summed E-state index contributed by atoms with van der Waals surface area (Å²) in [6.07, 6.45) is 0. The van der Waals surface area contributed by atoms with Crippen LogP contribution in [0.15, 0.2) is 42.5 Å². The maximum absolute atomic E-state index is 13.7. The molecule has 0 radical (unpaired) electrons. The number of methoxy groups -OCH3 is 1. The van der Waals surface area contributed by atoms with Crippen molar-refractivity contribution in [2.75, 3.05) is 13.7 Å². The minimum absolute atomic E-state index is 0.109. The first-order valence-electron chi connectivity index (χ1n) is 8.13. The van der Waals surface area contributed by atoms with E-state index in [1.54, 1.807) is 36.5 Å². The molecule has 0 aliphatic carbocycles. The maximum Gasteiger partial charge on any atom is 0.337 e. The average Bonchev–Trinajstić information content (AvgIpc) is 2.64. The van der Waals surface area contributed by atoms with Crippen molar-refractivity contribution in [3.63, 3.8) is 0 Å². The van der Waals surface area contributed by atoms with Crippen LogP contribution in [0.2, 0.25) is 0 Å². The molecule has 0 aromatic heterocycles. The topological polar surface area (TPSA) is 72.0 Å². The second-order valence-electron chi connectivity index (χ2n) is 5.86. The largest absolute Gasteiger partial charge is 0.465 e. The fourth-order valence-electron chi connectivity index (χ4n) is 2.43. The average molecular weight is 363 g/mol. The quantitative estimate of drug-likeness (QED) is 0.736. The molecule has 0 saturated heterocycles. The summed E-state index contributed by atoms with van der Waals surface area (Å²) in [5.74, 6) is -1.89. The van der Waals surface area contributed by atoms with Crippen molar-refractivity contribution in [1.29, 1.82) is 0 Å². The predicted octanol–water partition coefficient (Wildman–Crippen LogP) is 1.69. The molecule has 1 atom stereocenters. The van der Waals surface area contributed by atoms with Gasteiger partial charge in [0, 0.05) is 18.2 Å². The summed E-state index contributed by atoms with van der Waals surface area (Å²) in [5.41, 5.74) is 1.62. The van der Waals surface area contributed by atoms with E-state index in [2.05, 4.69) is 10.1 Å². The number of carbonyl (C=O) groups excluding carboxylic acids is 2. The van der Waals surface area contributed by atoms with Crippen LogP contribution in [0.1, 0.15) is 34.5 Å². The van der Waals surface area contributed by atoms with Gasteiger partial charge in [-0.1, -0.05) is 12.1 Å². The van der Waals surface area contributed by atoms with E-state index >= 15 is 0 Å². The predicted molar refractivity (Wildman–Crippen MR) is 91.2 cm³/mol. The highest BCUT2D eigenvalue weighted by molar-refractivity contribution is 5.89. The number of benzene rings is 2. The van der Waals surface area contributed by atoms with Crippen molar-refractivity contribution < 1.29 is 28.4 Å². The molecule has 0 fully saturated rings. The fraction of sp³-hybridized carbons (Fsp3) is 0.263. The number of nitrogens with two attached hydrogens (primary N) is 1. The molecular weight excluding hydrogens is 342 g/mol. The number of hydrogen-bond acceptors (Lipinski definition) is 3. The maximum atomic E-state index is 13.7. The molecule has 0 aliphatic rings. The van der Waals surface area contributed by atoms with E-state index in [0.717, 1.165) is 11.6 Å². The number of nitrogens with one attached hydrogen (secondary N) is 1. The van der Waals surface area contributed by atoms with Crippen molar-refractivity contribution in [2.24, 2.45) is 0 Å². The summed E-state index contributed by atoms with van der Waals surface area (Å²) in [4.78, 5) is 23.3.